The molecule has 1 atom stereocenters. The van der Waals surface area contributed by atoms with E-state index in [0.717, 1.165) is 11.3 Å². The zero-order valence-electron chi connectivity index (χ0n) is 10.9. The summed E-state index contributed by atoms with van der Waals surface area (Å²) in [6.45, 7) is 4.04. The van der Waals surface area contributed by atoms with Crippen LogP contribution in [0.3, 0.4) is 0 Å². The van der Waals surface area contributed by atoms with E-state index in [1.54, 1.807) is 12.4 Å². The van der Waals surface area contributed by atoms with Crippen molar-refractivity contribution in [3.63, 3.8) is 0 Å². The van der Waals surface area contributed by atoms with E-state index in [1.165, 1.54) is 6.20 Å². The minimum absolute atomic E-state index is 0.140. The molecule has 2 rings (SSSR count). The first kappa shape index (κ1) is 13.0. The van der Waals surface area contributed by atoms with Crippen LogP contribution < -0.4 is 5.73 Å². The standard InChI is InChI=1S/C14H15N5/c1-9(2)11(5-15)10-3-4-12(17-6-10)13-7-19-14(16)8-18-13/h3-4,6-9,11H,1-2H3,(H2,16,19)/t11-/m1/s1. The molecule has 19 heavy (non-hydrogen) atoms. The second kappa shape index (κ2) is 5.44. The molecule has 0 spiro atoms. The number of hydrogen-bond acceptors (Lipinski definition) is 5. The first-order valence-electron chi connectivity index (χ1n) is 6.05. The van der Waals surface area contributed by atoms with Gasteiger partial charge in [0, 0.05) is 6.20 Å². The number of rotatable bonds is 3. The van der Waals surface area contributed by atoms with Crippen molar-refractivity contribution in [3.8, 4) is 17.5 Å². The average Bonchev–Trinajstić information content (AvgIpc) is 2.41. The van der Waals surface area contributed by atoms with E-state index in [9.17, 15) is 0 Å². The third kappa shape index (κ3) is 2.86. The van der Waals surface area contributed by atoms with Crippen LogP contribution in [0.15, 0.2) is 30.7 Å². The summed E-state index contributed by atoms with van der Waals surface area (Å²) in [5.41, 5.74) is 7.80. The van der Waals surface area contributed by atoms with E-state index in [2.05, 4.69) is 21.0 Å². The monoisotopic (exact) mass is 253 g/mol. The minimum atomic E-state index is -0.140. The Bertz CT molecular complexity index is 581. The molecule has 0 aliphatic carbocycles. The van der Waals surface area contributed by atoms with Gasteiger partial charge in [0.2, 0.25) is 0 Å². The number of anilines is 1. The van der Waals surface area contributed by atoms with Gasteiger partial charge in [-0.05, 0) is 17.5 Å². The van der Waals surface area contributed by atoms with E-state index in [4.69, 9.17) is 11.0 Å². The Balaban J connectivity index is 2.28. The van der Waals surface area contributed by atoms with Gasteiger partial charge in [-0.3, -0.25) is 4.98 Å². The number of aromatic nitrogens is 3. The van der Waals surface area contributed by atoms with Crippen molar-refractivity contribution in [1.82, 2.24) is 15.0 Å². The zero-order valence-corrected chi connectivity index (χ0v) is 10.9. The van der Waals surface area contributed by atoms with Crippen LogP contribution in [-0.2, 0) is 0 Å². The third-order valence-corrected chi connectivity index (χ3v) is 2.89. The van der Waals surface area contributed by atoms with Gasteiger partial charge >= 0.3 is 0 Å². The fourth-order valence-corrected chi connectivity index (χ4v) is 1.82. The van der Waals surface area contributed by atoms with Gasteiger partial charge in [0.1, 0.15) is 11.5 Å². The molecule has 2 heterocycles. The Hall–Kier alpha value is -2.48. The first-order chi connectivity index (χ1) is 9.11. The van der Waals surface area contributed by atoms with Gasteiger partial charge in [0.05, 0.1) is 30.1 Å². The lowest BCUT2D eigenvalue weighted by Gasteiger charge is -2.12. The van der Waals surface area contributed by atoms with Gasteiger partial charge in [-0.15, -0.1) is 0 Å². The van der Waals surface area contributed by atoms with Crippen LogP contribution in [0.1, 0.15) is 25.3 Å². The third-order valence-electron chi connectivity index (χ3n) is 2.89. The fourth-order valence-electron chi connectivity index (χ4n) is 1.82. The highest BCUT2D eigenvalue weighted by atomic mass is 14.9. The molecule has 0 bridgehead atoms. The lowest BCUT2D eigenvalue weighted by Crippen LogP contribution is -2.04. The number of nitrogens with two attached hydrogens (primary N) is 1. The normalized spacial score (nSPS) is 12.1. The van der Waals surface area contributed by atoms with E-state index >= 15 is 0 Å². The number of nitriles is 1. The first-order valence-corrected chi connectivity index (χ1v) is 6.05. The molecule has 0 aliphatic heterocycles. The van der Waals surface area contributed by atoms with Gasteiger partial charge in [0.25, 0.3) is 0 Å². The maximum absolute atomic E-state index is 9.15. The van der Waals surface area contributed by atoms with Gasteiger partial charge in [-0.1, -0.05) is 19.9 Å². The van der Waals surface area contributed by atoms with E-state index in [0.29, 0.717) is 11.5 Å². The number of hydrogen-bond donors (Lipinski definition) is 1. The Morgan fingerprint density at radius 3 is 2.26 bits per heavy atom. The molecule has 2 N–H and O–H groups in total. The number of pyridine rings is 1. The van der Waals surface area contributed by atoms with Crippen molar-refractivity contribution in [2.24, 2.45) is 5.92 Å². The molecular weight excluding hydrogens is 238 g/mol. The molecule has 0 radical (unpaired) electrons. The van der Waals surface area contributed by atoms with Crippen LogP contribution in [0.5, 0.6) is 0 Å². The smallest absolute Gasteiger partial charge is 0.141 e. The molecule has 2 aromatic rings. The molecule has 5 nitrogen and oxygen atoms in total. The Morgan fingerprint density at radius 2 is 1.79 bits per heavy atom. The molecule has 96 valence electrons. The molecule has 5 heteroatoms. The summed E-state index contributed by atoms with van der Waals surface area (Å²) in [5.74, 6) is 0.498. The molecule has 0 saturated heterocycles. The van der Waals surface area contributed by atoms with Crippen LogP contribution in [0, 0.1) is 17.2 Å². The number of nitrogen functional groups attached to an aromatic ring is 1. The van der Waals surface area contributed by atoms with Crippen molar-refractivity contribution in [2.75, 3.05) is 5.73 Å². The van der Waals surface area contributed by atoms with Crippen LogP contribution in [0.4, 0.5) is 5.82 Å². The van der Waals surface area contributed by atoms with Crippen molar-refractivity contribution in [1.29, 1.82) is 5.26 Å². The van der Waals surface area contributed by atoms with E-state index in [-0.39, 0.29) is 11.8 Å². The number of nitrogens with zero attached hydrogens (tertiary/aromatic N) is 4. The Morgan fingerprint density at radius 1 is 1.05 bits per heavy atom. The van der Waals surface area contributed by atoms with Crippen LogP contribution in [-0.4, -0.2) is 15.0 Å². The van der Waals surface area contributed by atoms with Gasteiger partial charge < -0.3 is 5.73 Å². The summed E-state index contributed by atoms with van der Waals surface area (Å²) in [4.78, 5) is 12.5. The van der Waals surface area contributed by atoms with Crippen molar-refractivity contribution >= 4 is 5.82 Å². The summed E-state index contributed by atoms with van der Waals surface area (Å²) < 4.78 is 0. The molecule has 0 unspecified atom stereocenters. The van der Waals surface area contributed by atoms with Crippen LogP contribution in [0.2, 0.25) is 0 Å². The summed E-state index contributed by atoms with van der Waals surface area (Å²) in [7, 11) is 0. The predicted octanol–water partition coefficient (Wildman–Crippen LogP) is 2.38. The van der Waals surface area contributed by atoms with Crippen molar-refractivity contribution in [3.05, 3.63) is 36.3 Å². The Kier molecular flexibility index (Phi) is 3.71. The molecule has 0 aromatic carbocycles. The summed E-state index contributed by atoms with van der Waals surface area (Å²) >= 11 is 0. The molecule has 0 saturated carbocycles. The highest BCUT2D eigenvalue weighted by molar-refractivity contribution is 5.53. The zero-order chi connectivity index (χ0) is 13.8. The Labute approximate surface area is 112 Å². The molecule has 2 aromatic heterocycles. The second-order valence-corrected chi connectivity index (χ2v) is 4.65. The second-order valence-electron chi connectivity index (χ2n) is 4.65. The molecule has 0 fully saturated rings. The lowest BCUT2D eigenvalue weighted by atomic mass is 9.91. The molecule has 0 amide bonds. The predicted molar refractivity (Wildman–Crippen MR) is 72.9 cm³/mol. The maximum atomic E-state index is 9.15. The summed E-state index contributed by atoms with van der Waals surface area (Å²) in [5, 5.41) is 9.15. The highest BCUT2D eigenvalue weighted by Crippen LogP contribution is 2.24. The van der Waals surface area contributed by atoms with Gasteiger partial charge in [-0.2, -0.15) is 5.26 Å². The van der Waals surface area contributed by atoms with Gasteiger partial charge in [-0.25, -0.2) is 9.97 Å². The summed E-state index contributed by atoms with van der Waals surface area (Å²) in [6, 6.07) is 6.06. The molecule has 0 aliphatic rings. The quantitative estimate of drug-likeness (QED) is 0.907. The average molecular weight is 253 g/mol. The van der Waals surface area contributed by atoms with Crippen LogP contribution >= 0.6 is 0 Å². The van der Waals surface area contributed by atoms with Crippen molar-refractivity contribution < 1.29 is 0 Å². The SMILES string of the molecule is CC(C)[C@@H](C#N)c1ccc(-c2cnc(N)cn2)nc1. The largest absolute Gasteiger partial charge is 0.382 e. The van der Waals surface area contributed by atoms with Crippen LogP contribution in [0.25, 0.3) is 11.4 Å². The lowest BCUT2D eigenvalue weighted by molar-refractivity contribution is 0.586. The topological polar surface area (TPSA) is 88.5 Å². The fraction of sp³-hybridized carbons (Fsp3) is 0.286. The van der Waals surface area contributed by atoms with E-state index < -0.39 is 0 Å². The molecular formula is C14H15N5. The van der Waals surface area contributed by atoms with Crippen molar-refractivity contribution in [2.45, 2.75) is 19.8 Å². The van der Waals surface area contributed by atoms with E-state index in [1.807, 2.05) is 26.0 Å². The minimum Gasteiger partial charge on any atom is -0.382 e. The highest BCUT2D eigenvalue weighted by Gasteiger charge is 2.15. The maximum Gasteiger partial charge on any atom is 0.141 e. The van der Waals surface area contributed by atoms with Gasteiger partial charge in [0.15, 0.2) is 0 Å². The summed E-state index contributed by atoms with van der Waals surface area (Å²) in [6.07, 6.45) is 4.81.